The Hall–Kier alpha value is -1.65. The number of hydrogen-bond acceptors (Lipinski definition) is 2. The fraction of sp³-hybridized carbons (Fsp3) is 0.533. The second-order valence-corrected chi connectivity index (χ2v) is 5.55. The lowest BCUT2D eigenvalue weighted by molar-refractivity contribution is 0.0937. The summed E-state index contributed by atoms with van der Waals surface area (Å²) in [5.74, 6) is -1.69. The Kier molecular flexibility index (Phi) is 5.92. The molecule has 0 fully saturated rings. The van der Waals surface area contributed by atoms with E-state index in [1.165, 1.54) is 0 Å². The number of benzene rings is 1. The Morgan fingerprint density at radius 1 is 1.20 bits per heavy atom. The molecule has 0 heterocycles. The number of carbonyl (C=O) groups excluding carboxylic acids is 1. The number of halogens is 2. The van der Waals surface area contributed by atoms with Crippen molar-refractivity contribution in [3.05, 3.63) is 29.3 Å². The van der Waals surface area contributed by atoms with Crippen molar-refractivity contribution in [1.29, 1.82) is 0 Å². The van der Waals surface area contributed by atoms with Gasteiger partial charge in [0.15, 0.2) is 0 Å². The minimum atomic E-state index is -0.914. The van der Waals surface area contributed by atoms with E-state index in [4.69, 9.17) is 5.73 Å². The van der Waals surface area contributed by atoms with Crippen molar-refractivity contribution in [2.45, 2.75) is 46.1 Å². The predicted octanol–water partition coefficient (Wildman–Crippen LogP) is 3.49. The van der Waals surface area contributed by atoms with Gasteiger partial charge < -0.3 is 11.1 Å². The first-order valence-electron chi connectivity index (χ1n) is 6.86. The van der Waals surface area contributed by atoms with Gasteiger partial charge in [-0.1, -0.05) is 26.7 Å². The molecule has 0 aliphatic rings. The summed E-state index contributed by atoms with van der Waals surface area (Å²) in [7, 11) is 0. The summed E-state index contributed by atoms with van der Waals surface area (Å²) in [5, 5.41) is 2.73. The van der Waals surface area contributed by atoms with Gasteiger partial charge in [0.1, 0.15) is 17.3 Å². The zero-order chi connectivity index (χ0) is 15.3. The van der Waals surface area contributed by atoms with Crippen LogP contribution in [-0.2, 0) is 0 Å². The molecule has 1 aromatic rings. The molecule has 0 saturated carbocycles. The van der Waals surface area contributed by atoms with E-state index in [2.05, 4.69) is 19.2 Å². The molecular formula is C15H22F2N2O. The summed E-state index contributed by atoms with van der Waals surface area (Å²) in [4.78, 5) is 11.9. The normalized spacial score (nSPS) is 12.5. The largest absolute Gasteiger partial charge is 0.394 e. The standard InChI is InChI=1S/C15H22F2N2O/c1-9(2)5-4-6-10(3)19-15(20)11-7-12(16)14(18)13(17)8-11/h7-10H,4-6,18H2,1-3H3,(H,19,20). The van der Waals surface area contributed by atoms with E-state index in [9.17, 15) is 13.6 Å². The summed E-state index contributed by atoms with van der Waals surface area (Å²) in [6.45, 7) is 6.16. The molecule has 0 aliphatic heterocycles. The van der Waals surface area contributed by atoms with Gasteiger partial charge in [-0.2, -0.15) is 0 Å². The average molecular weight is 284 g/mol. The molecule has 1 unspecified atom stereocenters. The smallest absolute Gasteiger partial charge is 0.251 e. The van der Waals surface area contributed by atoms with E-state index < -0.39 is 23.2 Å². The Morgan fingerprint density at radius 3 is 2.25 bits per heavy atom. The zero-order valence-corrected chi connectivity index (χ0v) is 12.2. The van der Waals surface area contributed by atoms with Gasteiger partial charge in [0.25, 0.3) is 5.91 Å². The van der Waals surface area contributed by atoms with Gasteiger partial charge in [-0.15, -0.1) is 0 Å². The van der Waals surface area contributed by atoms with Crippen molar-refractivity contribution in [3.8, 4) is 0 Å². The van der Waals surface area contributed by atoms with Crippen LogP contribution >= 0.6 is 0 Å². The number of hydrogen-bond donors (Lipinski definition) is 2. The third-order valence-electron chi connectivity index (χ3n) is 3.14. The van der Waals surface area contributed by atoms with Crippen LogP contribution in [0, 0.1) is 17.6 Å². The molecule has 0 spiro atoms. The van der Waals surface area contributed by atoms with Crippen LogP contribution in [0.15, 0.2) is 12.1 Å². The molecule has 0 saturated heterocycles. The SMILES string of the molecule is CC(C)CCCC(C)NC(=O)c1cc(F)c(N)c(F)c1. The van der Waals surface area contributed by atoms with Crippen LogP contribution in [0.2, 0.25) is 0 Å². The number of nitrogen functional groups attached to an aromatic ring is 1. The van der Waals surface area contributed by atoms with E-state index in [0.29, 0.717) is 5.92 Å². The van der Waals surface area contributed by atoms with Crippen LogP contribution in [-0.4, -0.2) is 11.9 Å². The van der Waals surface area contributed by atoms with Gasteiger partial charge in [-0.3, -0.25) is 4.79 Å². The number of nitrogens with two attached hydrogens (primary N) is 1. The number of anilines is 1. The van der Waals surface area contributed by atoms with Crippen molar-refractivity contribution < 1.29 is 13.6 Å². The molecule has 0 bridgehead atoms. The Morgan fingerprint density at radius 2 is 1.75 bits per heavy atom. The fourth-order valence-corrected chi connectivity index (χ4v) is 1.93. The van der Waals surface area contributed by atoms with Crippen LogP contribution in [0.5, 0.6) is 0 Å². The van der Waals surface area contributed by atoms with Gasteiger partial charge in [0, 0.05) is 11.6 Å². The maximum atomic E-state index is 13.3. The van der Waals surface area contributed by atoms with E-state index >= 15 is 0 Å². The molecular weight excluding hydrogens is 262 g/mol. The van der Waals surface area contributed by atoms with Crippen molar-refractivity contribution in [2.75, 3.05) is 5.73 Å². The maximum absolute atomic E-state index is 13.3. The molecule has 1 atom stereocenters. The summed E-state index contributed by atoms with van der Waals surface area (Å²) < 4.78 is 26.6. The van der Waals surface area contributed by atoms with Crippen LogP contribution in [0.4, 0.5) is 14.5 Å². The molecule has 5 heteroatoms. The van der Waals surface area contributed by atoms with Crippen LogP contribution in [0.25, 0.3) is 0 Å². The highest BCUT2D eigenvalue weighted by Crippen LogP contribution is 2.17. The molecule has 0 aromatic heterocycles. The van der Waals surface area contributed by atoms with Crippen molar-refractivity contribution >= 4 is 11.6 Å². The minimum Gasteiger partial charge on any atom is -0.394 e. The molecule has 1 rings (SSSR count). The molecule has 3 N–H and O–H groups in total. The third-order valence-corrected chi connectivity index (χ3v) is 3.14. The Bertz CT molecular complexity index is 452. The number of nitrogens with one attached hydrogen (secondary N) is 1. The molecule has 1 amide bonds. The van der Waals surface area contributed by atoms with E-state index in [1.54, 1.807) is 0 Å². The van der Waals surface area contributed by atoms with Gasteiger partial charge in [-0.05, 0) is 31.4 Å². The number of carbonyl (C=O) groups is 1. The lowest BCUT2D eigenvalue weighted by Gasteiger charge is -2.15. The first kappa shape index (κ1) is 16.4. The third kappa shape index (κ3) is 4.79. The molecule has 0 radical (unpaired) electrons. The Labute approximate surface area is 118 Å². The lowest BCUT2D eigenvalue weighted by Crippen LogP contribution is -2.32. The summed E-state index contributed by atoms with van der Waals surface area (Å²) >= 11 is 0. The first-order chi connectivity index (χ1) is 9.31. The van der Waals surface area contributed by atoms with Crippen molar-refractivity contribution in [1.82, 2.24) is 5.32 Å². The van der Waals surface area contributed by atoms with Crippen LogP contribution in [0.3, 0.4) is 0 Å². The molecule has 112 valence electrons. The highest BCUT2D eigenvalue weighted by Gasteiger charge is 2.14. The summed E-state index contributed by atoms with van der Waals surface area (Å²) in [6, 6.07) is 1.87. The minimum absolute atomic E-state index is 0.0371. The van der Waals surface area contributed by atoms with Crippen molar-refractivity contribution in [3.63, 3.8) is 0 Å². The monoisotopic (exact) mass is 284 g/mol. The maximum Gasteiger partial charge on any atom is 0.251 e. The Balaban J connectivity index is 2.58. The molecule has 20 heavy (non-hydrogen) atoms. The highest BCUT2D eigenvalue weighted by molar-refractivity contribution is 5.94. The topological polar surface area (TPSA) is 55.1 Å². The van der Waals surface area contributed by atoms with Crippen LogP contribution < -0.4 is 11.1 Å². The quantitative estimate of drug-likeness (QED) is 0.786. The van der Waals surface area contributed by atoms with Crippen LogP contribution in [0.1, 0.15) is 50.4 Å². The van der Waals surface area contributed by atoms with E-state index in [-0.39, 0.29) is 11.6 Å². The van der Waals surface area contributed by atoms with Gasteiger partial charge >= 0.3 is 0 Å². The lowest BCUT2D eigenvalue weighted by atomic mass is 10.0. The number of rotatable bonds is 6. The summed E-state index contributed by atoms with van der Waals surface area (Å²) in [5.41, 5.74) is 4.55. The molecule has 3 nitrogen and oxygen atoms in total. The molecule has 1 aromatic carbocycles. The zero-order valence-electron chi connectivity index (χ0n) is 12.2. The fourth-order valence-electron chi connectivity index (χ4n) is 1.93. The van der Waals surface area contributed by atoms with Gasteiger partial charge in [-0.25, -0.2) is 8.78 Å². The van der Waals surface area contributed by atoms with Gasteiger partial charge in [0.2, 0.25) is 0 Å². The number of amides is 1. The van der Waals surface area contributed by atoms with Gasteiger partial charge in [0.05, 0.1) is 0 Å². The average Bonchev–Trinajstić information content (AvgIpc) is 2.34. The van der Waals surface area contributed by atoms with Crippen molar-refractivity contribution in [2.24, 2.45) is 5.92 Å². The second-order valence-electron chi connectivity index (χ2n) is 5.55. The highest BCUT2D eigenvalue weighted by atomic mass is 19.1. The first-order valence-corrected chi connectivity index (χ1v) is 6.86. The van der Waals surface area contributed by atoms with E-state index in [1.807, 2.05) is 6.92 Å². The summed E-state index contributed by atoms with van der Waals surface area (Å²) in [6.07, 6.45) is 2.93. The second kappa shape index (κ2) is 7.22. The molecule has 0 aliphatic carbocycles. The van der Waals surface area contributed by atoms with E-state index in [0.717, 1.165) is 31.4 Å². The predicted molar refractivity (Wildman–Crippen MR) is 76.4 cm³/mol.